The van der Waals surface area contributed by atoms with E-state index in [4.69, 9.17) is 16.3 Å². The van der Waals surface area contributed by atoms with Crippen molar-refractivity contribution in [3.8, 4) is 5.75 Å². The maximum absolute atomic E-state index is 11.4. The lowest BCUT2D eigenvalue weighted by atomic mass is 10.1. The summed E-state index contributed by atoms with van der Waals surface area (Å²) in [6.07, 6.45) is 3.12. The van der Waals surface area contributed by atoms with E-state index in [0.29, 0.717) is 25.5 Å². The second-order valence-corrected chi connectivity index (χ2v) is 6.21. The van der Waals surface area contributed by atoms with Gasteiger partial charge in [-0.25, -0.2) is 0 Å². The number of fused-ring (bicyclic) bond motifs is 1. The number of nitrogens with one attached hydrogen (secondary N) is 2. The fraction of sp³-hybridized carbons (Fsp3) is 0.250. The minimum Gasteiger partial charge on any atom is -0.489 e. The molecule has 0 bridgehead atoms. The maximum atomic E-state index is 11.4. The lowest BCUT2D eigenvalue weighted by molar-refractivity contribution is -0.120. The molecular formula is C20H21ClN2O2. The van der Waals surface area contributed by atoms with Gasteiger partial charge in [0, 0.05) is 42.0 Å². The zero-order valence-electron chi connectivity index (χ0n) is 13.9. The average molecular weight is 357 g/mol. The van der Waals surface area contributed by atoms with Gasteiger partial charge in [-0.15, -0.1) is 11.6 Å². The number of carbonyl (C=O) groups excluding carboxylic acids is 1. The van der Waals surface area contributed by atoms with E-state index in [9.17, 15) is 4.79 Å². The molecule has 0 fully saturated rings. The van der Waals surface area contributed by atoms with E-state index in [-0.39, 0.29) is 5.91 Å². The summed E-state index contributed by atoms with van der Waals surface area (Å²) in [5.74, 6) is 1.18. The first-order valence-corrected chi connectivity index (χ1v) is 8.89. The molecule has 0 aliphatic heterocycles. The Morgan fingerprint density at radius 2 is 2.00 bits per heavy atom. The summed E-state index contributed by atoms with van der Waals surface area (Å²) in [4.78, 5) is 14.7. The standard InChI is InChI=1S/C20H21ClN2O2/c21-10-8-20(24)22-11-9-16-13-23-19-12-17(6-7-18(16)19)25-14-15-4-2-1-3-5-15/h1-7,12-13,23H,8-11,14H2,(H,22,24). The quantitative estimate of drug-likeness (QED) is 0.598. The minimum atomic E-state index is -0.00793. The Hall–Kier alpha value is -2.46. The average Bonchev–Trinajstić information content (AvgIpc) is 3.03. The normalized spacial score (nSPS) is 10.8. The number of hydrogen-bond donors (Lipinski definition) is 2. The van der Waals surface area contributed by atoms with E-state index < -0.39 is 0 Å². The van der Waals surface area contributed by atoms with Crippen molar-refractivity contribution in [2.75, 3.05) is 12.4 Å². The molecule has 0 radical (unpaired) electrons. The molecule has 5 heteroatoms. The van der Waals surface area contributed by atoms with Crippen molar-refractivity contribution in [3.05, 3.63) is 65.9 Å². The Kier molecular flexibility index (Phi) is 5.96. The Bertz CT molecular complexity index is 830. The van der Waals surface area contributed by atoms with Crippen LogP contribution in [0.3, 0.4) is 0 Å². The maximum Gasteiger partial charge on any atom is 0.221 e. The molecule has 130 valence electrons. The Morgan fingerprint density at radius 1 is 1.16 bits per heavy atom. The summed E-state index contributed by atoms with van der Waals surface area (Å²) in [6.45, 7) is 1.15. The second kappa shape index (κ2) is 8.58. The van der Waals surface area contributed by atoms with Crippen molar-refractivity contribution in [1.82, 2.24) is 10.3 Å². The third-order valence-corrected chi connectivity index (χ3v) is 4.21. The Labute approximate surface area is 152 Å². The van der Waals surface area contributed by atoms with E-state index in [2.05, 4.69) is 16.4 Å². The molecule has 0 aliphatic rings. The lowest BCUT2D eigenvalue weighted by Crippen LogP contribution is -2.25. The van der Waals surface area contributed by atoms with Crippen molar-refractivity contribution in [3.63, 3.8) is 0 Å². The van der Waals surface area contributed by atoms with E-state index >= 15 is 0 Å². The van der Waals surface area contributed by atoms with E-state index in [1.807, 2.05) is 48.7 Å². The molecule has 1 heterocycles. The number of carbonyl (C=O) groups is 1. The van der Waals surface area contributed by atoms with Crippen molar-refractivity contribution in [2.24, 2.45) is 0 Å². The van der Waals surface area contributed by atoms with Crippen molar-refractivity contribution < 1.29 is 9.53 Å². The smallest absolute Gasteiger partial charge is 0.221 e. The van der Waals surface area contributed by atoms with Gasteiger partial charge in [-0.3, -0.25) is 4.79 Å². The number of benzene rings is 2. The summed E-state index contributed by atoms with van der Waals surface area (Å²) in [7, 11) is 0. The van der Waals surface area contributed by atoms with Gasteiger partial charge < -0.3 is 15.0 Å². The third kappa shape index (κ3) is 4.77. The van der Waals surface area contributed by atoms with Gasteiger partial charge in [-0.05, 0) is 29.7 Å². The summed E-state index contributed by atoms with van der Waals surface area (Å²) in [5, 5.41) is 4.03. The Morgan fingerprint density at radius 3 is 2.80 bits per heavy atom. The van der Waals surface area contributed by atoms with E-state index in [1.54, 1.807) is 0 Å². The van der Waals surface area contributed by atoms with E-state index in [1.165, 1.54) is 5.56 Å². The van der Waals surface area contributed by atoms with Crippen LogP contribution >= 0.6 is 11.6 Å². The molecule has 0 spiro atoms. The van der Waals surface area contributed by atoms with Gasteiger partial charge in [0.1, 0.15) is 12.4 Å². The van der Waals surface area contributed by atoms with Crippen LogP contribution in [0.5, 0.6) is 5.75 Å². The van der Waals surface area contributed by atoms with Gasteiger partial charge in [0.15, 0.2) is 0 Å². The number of amides is 1. The fourth-order valence-corrected chi connectivity index (χ4v) is 2.89. The number of ether oxygens (including phenoxy) is 1. The van der Waals surface area contributed by atoms with Crippen molar-refractivity contribution in [2.45, 2.75) is 19.4 Å². The van der Waals surface area contributed by atoms with Gasteiger partial charge in [0.05, 0.1) is 0 Å². The third-order valence-electron chi connectivity index (χ3n) is 4.03. The first-order chi connectivity index (χ1) is 12.3. The van der Waals surface area contributed by atoms with Crippen LogP contribution < -0.4 is 10.1 Å². The van der Waals surface area contributed by atoms with Crippen LogP contribution in [0.4, 0.5) is 0 Å². The SMILES string of the molecule is O=C(CCCl)NCCc1c[nH]c2cc(OCc3ccccc3)ccc12. The molecule has 3 rings (SSSR count). The van der Waals surface area contributed by atoms with Gasteiger partial charge in [-0.1, -0.05) is 30.3 Å². The van der Waals surface area contributed by atoms with Crippen LogP contribution in [0.1, 0.15) is 17.5 Å². The molecule has 0 aliphatic carbocycles. The van der Waals surface area contributed by atoms with Crippen LogP contribution in [-0.4, -0.2) is 23.3 Å². The zero-order valence-corrected chi connectivity index (χ0v) is 14.7. The molecule has 3 aromatic rings. The minimum absolute atomic E-state index is 0.00793. The molecule has 1 aromatic heterocycles. The molecule has 0 unspecified atom stereocenters. The fourth-order valence-electron chi connectivity index (χ4n) is 2.71. The number of H-pyrrole nitrogens is 1. The van der Waals surface area contributed by atoms with Crippen LogP contribution in [0, 0.1) is 0 Å². The predicted octanol–water partition coefficient (Wildman–Crippen LogP) is 4.03. The molecule has 4 nitrogen and oxygen atoms in total. The van der Waals surface area contributed by atoms with Gasteiger partial charge in [0.25, 0.3) is 0 Å². The van der Waals surface area contributed by atoms with E-state index in [0.717, 1.165) is 28.6 Å². The van der Waals surface area contributed by atoms with Crippen LogP contribution in [0.2, 0.25) is 0 Å². The Balaban J connectivity index is 1.59. The van der Waals surface area contributed by atoms with Gasteiger partial charge in [-0.2, -0.15) is 0 Å². The molecule has 0 saturated heterocycles. The molecular weight excluding hydrogens is 336 g/mol. The number of rotatable bonds is 8. The molecule has 0 saturated carbocycles. The van der Waals surface area contributed by atoms with Crippen LogP contribution in [-0.2, 0) is 17.8 Å². The first kappa shape index (κ1) is 17.4. The van der Waals surface area contributed by atoms with Crippen LogP contribution in [0.15, 0.2) is 54.7 Å². The highest BCUT2D eigenvalue weighted by atomic mass is 35.5. The largest absolute Gasteiger partial charge is 0.489 e. The number of halogens is 1. The molecule has 1 amide bonds. The molecule has 2 N–H and O–H groups in total. The monoisotopic (exact) mass is 356 g/mol. The number of aromatic nitrogens is 1. The first-order valence-electron chi connectivity index (χ1n) is 8.35. The van der Waals surface area contributed by atoms with Gasteiger partial charge in [0.2, 0.25) is 5.91 Å². The molecule has 2 aromatic carbocycles. The topological polar surface area (TPSA) is 54.1 Å². The second-order valence-electron chi connectivity index (χ2n) is 5.83. The summed E-state index contributed by atoms with van der Waals surface area (Å²) < 4.78 is 5.86. The highest BCUT2D eigenvalue weighted by Crippen LogP contribution is 2.24. The van der Waals surface area contributed by atoms with Crippen molar-refractivity contribution >= 4 is 28.4 Å². The predicted molar refractivity (Wildman–Crippen MR) is 101 cm³/mol. The number of hydrogen-bond acceptors (Lipinski definition) is 2. The van der Waals surface area contributed by atoms with Crippen LogP contribution in [0.25, 0.3) is 10.9 Å². The van der Waals surface area contributed by atoms with Gasteiger partial charge >= 0.3 is 0 Å². The highest BCUT2D eigenvalue weighted by Gasteiger charge is 2.06. The molecule has 0 atom stereocenters. The number of alkyl halides is 1. The zero-order chi connectivity index (χ0) is 17.5. The summed E-state index contributed by atoms with van der Waals surface area (Å²) in [5.41, 5.74) is 3.35. The lowest BCUT2D eigenvalue weighted by Gasteiger charge is -2.07. The molecule has 25 heavy (non-hydrogen) atoms. The van der Waals surface area contributed by atoms with Crippen molar-refractivity contribution in [1.29, 1.82) is 0 Å². The number of aromatic amines is 1. The summed E-state index contributed by atoms with van der Waals surface area (Å²) >= 11 is 5.55. The summed E-state index contributed by atoms with van der Waals surface area (Å²) in [6, 6.07) is 16.1. The highest BCUT2D eigenvalue weighted by molar-refractivity contribution is 6.18.